The molecule has 0 saturated carbocycles. The second kappa shape index (κ2) is 9.65. The molecule has 0 saturated heterocycles. The Kier molecular flexibility index (Phi) is 10.1. The molecular weight excluding hydrogens is 304 g/mol. The van der Waals surface area contributed by atoms with Crippen molar-refractivity contribution in [1.29, 1.82) is 0 Å². The molecule has 9 heteroatoms. The maximum atomic E-state index is 11.5. The van der Waals surface area contributed by atoms with Crippen molar-refractivity contribution in [3.05, 3.63) is 0 Å². The Balaban J connectivity index is 4.12. The number of esters is 1. The number of hydrogen-bond acceptors (Lipinski definition) is 9. The van der Waals surface area contributed by atoms with Crippen LogP contribution in [-0.4, -0.2) is 53.0 Å². The van der Waals surface area contributed by atoms with Crippen LogP contribution < -0.4 is 0 Å². The zero-order valence-electron chi connectivity index (χ0n) is 9.24. The first-order valence-electron chi connectivity index (χ1n) is 4.68. The van der Waals surface area contributed by atoms with Gasteiger partial charge in [0.25, 0.3) is 0 Å². The van der Waals surface area contributed by atoms with Crippen LogP contribution in [0.3, 0.4) is 0 Å². The van der Waals surface area contributed by atoms with Crippen LogP contribution in [0.15, 0.2) is 0 Å². The van der Waals surface area contributed by atoms with E-state index < -0.39 is 31.2 Å². The first-order valence-corrected chi connectivity index (χ1v) is 9.28. The highest BCUT2D eigenvalue weighted by Crippen LogP contribution is 2.39. The molecule has 0 rings (SSSR count). The second-order valence-electron chi connectivity index (χ2n) is 3.46. The van der Waals surface area contributed by atoms with Crippen LogP contribution in [0.1, 0.15) is 6.92 Å². The summed E-state index contributed by atoms with van der Waals surface area (Å²) in [5, 5.41) is 26.7. The van der Waals surface area contributed by atoms with Gasteiger partial charge in [-0.3, -0.25) is 4.79 Å². The Morgan fingerprint density at radius 3 is 2.29 bits per heavy atom. The van der Waals surface area contributed by atoms with Gasteiger partial charge in [0.1, 0.15) is 11.9 Å². The van der Waals surface area contributed by atoms with Crippen molar-refractivity contribution < 1.29 is 24.9 Å². The molecule has 0 spiro atoms. The average molecular weight is 320 g/mol. The Bertz CT molecular complexity index is 216. The highest BCUT2D eigenvalue weighted by atomic mass is 33.7. The molecule has 0 radical (unpaired) electrons. The first-order chi connectivity index (χ1) is 8.05. The molecule has 0 bridgehead atoms. The third-order valence-corrected chi connectivity index (χ3v) is 6.88. The minimum atomic E-state index is -1.18. The molecule has 102 valence electrons. The molecule has 5 nitrogen and oxygen atoms in total. The Hall–Kier alpha value is 0.750. The third-order valence-electron chi connectivity index (χ3n) is 2.07. The number of carbonyl (C=O) groups excluding carboxylic acids is 1. The van der Waals surface area contributed by atoms with Gasteiger partial charge in [-0.15, -0.1) is 0 Å². The summed E-state index contributed by atoms with van der Waals surface area (Å²) < 4.78 is 4.95. The maximum Gasteiger partial charge on any atom is 0.319 e. The van der Waals surface area contributed by atoms with Crippen molar-refractivity contribution >= 4 is 48.1 Å². The monoisotopic (exact) mass is 320 g/mol. The molecule has 0 aromatic carbocycles. The average Bonchev–Trinajstić information content (AvgIpc) is 2.37. The van der Waals surface area contributed by atoms with E-state index in [1.807, 2.05) is 0 Å². The summed E-state index contributed by atoms with van der Waals surface area (Å²) in [6, 6.07) is 0. The normalized spacial score (nSPS) is 13.5. The summed E-state index contributed by atoms with van der Waals surface area (Å²) in [5.74, 6) is -0.454. The van der Waals surface area contributed by atoms with Gasteiger partial charge in [-0.05, 0) is 26.6 Å². The molecule has 0 aliphatic rings. The van der Waals surface area contributed by atoms with E-state index in [1.54, 1.807) is 6.92 Å². The fraction of sp³-hybridized carbons (Fsp3) is 0.875. The molecule has 1 atom stereocenters. The number of carbonyl (C=O) groups is 1. The summed E-state index contributed by atoms with van der Waals surface area (Å²) in [4.78, 5) is 11.5. The van der Waals surface area contributed by atoms with E-state index in [2.05, 4.69) is 11.7 Å². The van der Waals surface area contributed by atoms with Crippen LogP contribution in [0.25, 0.3) is 0 Å². The minimum absolute atomic E-state index is 0.209. The lowest BCUT2D eigenvalue weighted by atomic mass is 9.93. The van der Waals surface area contributed by atoms with Crippen LogP contribution in [0.4, 0.5) is 0 Å². The zero-order valence-corrected chi connectivity index (χ0v) is 12.6. The van der Waals surface area contributed by atoms with Crippen LogP contribution >= 0.6 is 42.1 Å². The third kappa shape index (κ3) is 6.46. The molecule has 0 heterocycles. The van der Waals surface area contributed by atoms with Gasteiger partial charge in [0, 0.05) is 0 Å². The summed E-state index contributed by atoms with van der Waals surface area (Å²) >= 11 is 3.91. The van der Waals surface area contributed by atoms with E-state index >= 15 is 0 Å². The second-order valence-corrected chi connectivity index (χ2v) is 8.65. The van der Waals surface area contributed by atoms with Gasteiger partial charge in [-0.2, -0.15) is 0 Å². The van der Waals surface area contributed by atoms with Crippen LogP contribution in [0.2, 0.25) is 0 Å². The van der Waals surface area contributed by atoms with Crippen molar-refractivity contribution in [2.75, 3.05) is 26.4 Å². The number of thiol groups is 1. The molecule has 0 aliphatic heterocycles. The van der Waals surface area contributed by atoms with Gasteiger partial charge >= 0.3 is 5.97 Å². The maximum absolute atomic E-state index is 11.5. The number of hydrogen-bond donors (Lipinski definition) is 4. The molecule has 0 aliphatic carbocycles. The van der Waals surface area contributed by atoms with E-state index in [9.17, 15) is 4.79 Å². The van der Waals surface area contributed by atoms with Gasteiger partial charge in [0.15, 0.2) is 0 Å². The molecule has 1 unspecified atom stereocenters. The molecule has 0 amide bonds. The highest BCUT2D eigenvalue weighted by Gasteiger charge is 2.31. The standard InChI is InChI=1S/C8H16O5S4/c1-6(15-17-16-14)7(12)13-5-8(2-9,3-10)4-11/h6,9-11,14H,2-5H2,1H3. The lowest BCUT2D eigenvalue weighted by Crippen LogP contribution is -2.40. The number of aliphatic hydroxyl groups excluding tert-OH is 3. The molecular formula is C8H16O5S4. The van der Waals surface area contributed by atoms with Gasteiger partial charge in [0.2, 0.25) is 0 Å². The van der Waals surface area contributed by atoms with E-state index in [-0.39, 0.29) is 11.9 Å². The smallest absolute Gasteiger partial charge is 0.319 e. The van der Waals surface area contributed by atoms with Gasteiger partial charge in [-0.1, -0.05) is 22.5 Å². The Labute approximate surface area is 117 Å². The Morgan fingerprint density at radius 1 is 1.35 bits per heavy atom. The van der Waals surface area contributed by atoms with Gasteiger partial charge in [-0.25, -0.2) is 0 Å². The summed E-state index contributed by atoms with van der Waals surface area (Å²) in [5.41, 5.74) is -1.18. The van der Waals surface area contributed by atoms with Crippen molar-refractivity contribution in [3.8, 4) is 0 Å². The number of rotatable bonds is 9. The highest BCUT2D eigenvalue weighted by molar-refractivity contribution is 9.24. The van der Waals surface area contributed by atoms with Crippen molar-refractivity contribution in [1.82, 2.24) is 0 Å². The lowest BCUT2D eigenvalue weighted by molar-refractivity contribution is -0.150. The number of aliphatic hydroxyl groups is 3. The fourth-order valence-electron chi connectivity index (χ4n) is 0.744. The number of ether oxygens (including phenoxy) is 1. The van der Waals surface area contributed by atoms with Crippen LogP contribution in [0.5, 0.6) is 0 Å². The molecule has 17 heavy (non-hydrogen) atoms. The summed E-state index contributed by atoms with van der Waals surface area (Å²) in [6.45, 7) is 0.129. The van der Waals surface area contributed by atoms with E-state index in [0.717, 1.165) is 0 Å². The van der Waals surface area contributed by atoms with Crippen molar-refractivity contribution in [2.24, 2.45) is 5.41 Å². The summed E-state index contributed by atoms with van der Waals surface area (Å²) in [6.07, 6.45) is 0. The van der Waals surface area contributed by atoms with E-state index in [4.69, 9.17) is 20.1 Å². The van der Waals surface area contributed by atoms with Crippen molar-refractivity contribution in [3.63, 3.8) is 0 Å². The van der Waals surface area contributed by atoms with E-state index in [0.29, 0.717) is 0 Å². The predicted octanol–water partition coefficient (Wildman–Crippen LogP) is 0.756. The van der Waals surface area contributed by atoms with Crippen LogP contribution in [0, 0.1) is 5.41 Å². The van der Waals surface area contributed by atoms with E-state index in [1.165, 1.54) is 30.4 Å². The summed E-state index contributed by atoms with van der Waals surface area (Å²) in [7, 11) is 3.87. The van der Waals surface area contributed by atoms with Gasteiger partial charge < -0.3 is 20.1 Å². The molecule has 3 N–H and O–H groups in total. The molecule has 0 fully saturated rings. The Morgan fingerprint density at radius 2 is 1.88 bits per heavy atom. The SMILES string of the molecule is CC(SSSS)C(=O)OCC(CO)(CO)CO. The van der Waals surface area contributed by atoms with Crippen LogP contribution in [-0.2, 0) is 9.53 Å². The predicted molar refractivity (Wildman–Crippen MR) is 75.9 cm³/mol. The zero-order chi connectivity index (χ0) is 13.3. The first kappa shape index (κ1) is 17.8. The largest absolute Gasteiger partial charge is 0.464 e. The minimum Gasteiger partial charge on any atom is -0.464 e. The lowest BCUT2D eigenvalue weighted by Gasteiger charge is -2.26. The topological polar surface area (TPSA) is 87.0 Å². The molecule has 0 aromatic rings. The van der Waals surface area contributed by atoms with Crippen molar-refractivity contribution in [2.45, 2.75) is 12.2 Å². The molecule has 0 aromatic heterocycles. The van der Waals surface area contributed by atoms with Gasteiger partial charge in [0.05, 0.1) is 25.2 Å². The quantitative estimate of drug-likeness (QED) is 0.281. The fourth-order valence-corrected chi connectivity index (χ4v) is 4.06.